The first-order chi connectivity index (χ1) is 4.84. The van der Waals surface area contributed by atoms with Gasteiger partial charge in [0.1, 0.15) is 0 Å². The third-order valence-electron chi connectivity index (χ3n) is 1.57. The number of hydrogen-bond acceptors (Lipinski definition) is 1. The smallest absolute Gasteiger partial charge is 0.0142 e. The molecule has 0 saturated carbocycles. The molecule has 0 bridgehead atoms. The van der Waals surface area contributed by atoms with Gasteiger partial charge in [-0.15, -0.1) is 11.8 Å². The maximum Gasteiger partial charge on any atom is -0.0142 e. The number of hydrogen-bond donors (Lipinski definition) is 0. The zero-order valence-corrected chi connectivity index (χ0v) is 7.08. The van der Waals surface area contributed by atoms with E-state index in [2.05, 4.69) is 30.4 Å². The highest BCUT2D eigenvalue weighted by molar-refractivity contribution is 8.01. The van der Waals surface area contributed by atoms with Gasteiger partial charge in [0.15, 0.2) is 0 Å². The van der Waals surface area contributed by atoms with Gasteiger partial charge in [-0.05, 0) is 35.7 Å². The second kappa shape index (κ2) is 3.67. The van der Waals surface area contributed by atoms with Crippen LogP contribution in [-0.2, 0) is 0 Å². The molecule has 1 aliphatic rings. The molecule has 10 heavy (non-hydrogen) atoms. The quantitative estimate of drug-likeness (QED) is 0.556. The van der Waals surface area contributed by atoms with Crippen molar-refractivity contribution in [2.24, 2.45) is 0 Å². The first-order valence-corrected chi connectivity index (χ1v) is 4.71. The molecular weight excluding hydrogens is 140 g/mol. The van der Waals surface area contributed by atoms with Crippen LogP contribution < -0.4 is 0 Å². The number of thioether (sulfide) groups is 1. The van der Waals surface area contributed by atoms with Gasteiger partial charge in [0.2, 0.25) is 0 Å². The lowest BCUT2D eigenvalue weighted by molar-refractivity contribution is 0.973. The van der Waals surface area contributed by atoms with Crippen molar-refractivity contribution in [2.75, 3.05) is 6.26 Å². The summed E-state index contributed by atoms with van der Waals surface area (Å²) in [5, 5.41) is 2.19. The third kappa shape index (κ3) is 1.77. The first kappa shape index (κ1) is 7.67. The summed E-state index contributed by atoms with van der Waals surface area (Å²) in [6, 6.07) is 0. The maximum atomic E-state index is 3.95. The molecule has 0 amide bonds. The monoisotopic (exact) mass is 152 g/mol. The van der Waals surface area contributed by atoms with Gasteiger partial charge < -0.3 is 0 Å². The van der Waals surface area contributed by atoms with E-state index < -0.39 is 0 Å². The van der Waals surface area contributed by atoms with Gasteiger partial charge in [-0.1, -0.05) is 18.7 Å². The van der Waals surface area contributed by atoms with Crippen molar-refractivity contribution in [1.29, 1.82) is 0 Å². The molecule has 0 aromatic heterocycles. The normalized spacial score (nSPS) is 22.1. The number of allylic oxidation sites excluding steroid dienone is 4. The summed E-state index contributed by atoms with van der Waals surface area (Å²) in [6.45, 7) is 3.95. The molecule has 0 heterocycles. The molecule has 0 fully saturated rings. The van der Waals surface area contributed by atoms with E-state index in [4.69, 9.17) is 0 Å². The Kier molecular flexibility index (Phi) is 2.82. The second-order valence-electron chi connectivity index (χ2n) is 2.35. The predicted octanol–water partition coefficient (Wildman–Crippen LogP) is 3.14. The van der Waals surface area contributed by atoms with Crippen molar-refractivity contribution in [2.45, 2.75) is 12.8 Å². The Morgan fingerprint density at radius 2 is 2.50 bits per heavy atom. The Hall–Kier alpha value is -0.430. The van der Waals surface area contributed by atoms with Crippen molar-refractivity contribution >= 4 is 11.8 Å². The molecule has 0 N–H and O–H groups in total. The van der Waals surface area contributed by atoms with Crippen LogP contribution in [0.3, 0.4) is 0 Å². The van der Waals surface area contributed by atoms with Crippen LogP contribution in [0.25, 0.3) is 0 Å². The van der Waals surface area contributed by atoms with Crippen LogP contribution in [0.4, 0.5) is 0 Å². The van der Waals surface area contributed by atoms with Gasteiger partial charge >= 0.3 is 0 Å². The lowest BCUT2D eigenvalue weighted by Crippen LogP contribution is -1.89. The topological polar surface area (TPSA) is 0 Å². The Morgan fingerprint density at radius 1 is 1.70 bits per heavy atom. The summed E-state index contributed by atoms with van der Waals surface area (Å²) < 4.78 is 0. The van der Waals surface area contributed by atoms with E-state index in [-0.39, 0.29) is 0 Å². The van der Waals surface area contributed by atoms with E-state index >= 15 is 0 Å². The fourth-order valence-electron chi connectivity index (χ4n) is 1.01. The van der Waals surface area contributed by atoms with Crippen LogP contribution >= 0.6 is 11.8 Å². The average molecular weight is 152 g/mol. The largest absolute Gasteiger partial charge is 0.137 e. The summed E-state index contributed by atoms with van der Waals surface area (Å²) in [6.07, 6.45) is 8.70. The highest BCUT2D eigenvalue weighted by atomic mass is 32.2. The molecule has 0 aromatic carbocycles. The SMILES string of the molecule is C=C1C=CCC/C1=C/SC. The lowest BCUT2D eigenvalue weighted by Gasteiger charge is -2.09. The summed E-state index contributed by atoms with van der Waals surface area (Å²) in [5.74, 6) is 0. The van der Waals surface area contributed by atoms with Crippen molar-refractivity contribution in [3.63, 3.8) is 0 Å². The predicted molar refractivity (Wildman–Crippen MR) is 49.1 cm³/mol. The Bertz CT molecular complexity index is 187. The first-order valence-electron chi connectivity index (χ1n) is 3.42. The molecule has 0 aromatic rings. The van der Waals surface area contributed by atoms with Crippen LogP contribution in [0.5, 0.6) is 0 Å². The Labute approximate surface area is 66.7 Å². The summed E-state index contributed by atoms with van der Waals surface area (Å²) in [4.78, 5) is 0. The van der Waals surface area contributed by atoms with Crippen LogP contribution in [0.1, 0.15) is 12.8 Å². The van der Waals surface area contributed by atoms with Crippen LogP contribution in [0, 0.1) is 0 Å². The van der Waals surface area contributed by atoms with E-state index in [9.17, 15) is 0 Å². The van der Waals surface area contributed by atoms with E-state index in [1.54, 1.807) is 11.8 Å². The minimum absolute atomic E-state index is 1.16. The van der Waals surface area contributed by atoms with Crippen molar-refractivity contribution < 1.29 is 0 Å². The van der Waals surface area contributed by atoms with E-state index in [1.807, 2.05) is 0 Å². The fourth-order valence-corrected chi connectivity index (χ4v) is 1.56. The summed E-state index contributed by atoms with van der Waals surface area (Å²) >= 11 is 1.76. The standard InChI is InChI=1S/C9H12S/c1-8-5-3-4-6-9(8)7-10-2/h3,5,7H,1,4,6H2,2H3/b9-7-. The summed E-state index contributed by atoms with van der Waals surface area (Å²) in [7, 11) is 0. The Morgan fingerprint density at radius 3 is 3.10 bits per heavy atom. The molecule has 0 saturated heterocycles. The molecule has 0 radical (unpaired) electrons. The minimum atomic E-state index is 1.16. The van der Waals surface area contributed by atoms with Crippen molar-refractivity contribution in [1.82, 2.24) is 0 Å². The fraction of sp³-hybridized carbons (Fsp3) is 0.333. The van der Waals surface area contributed by atoms with E-state index in [1.165, 1.54) is 17.6 Å². The highest BCUT2D eigenvalue weighted by Gasteiger charge is 2.02. The van der Waals surface area contributed by atoms with Gasteiger partial charge in [-0.3, -0.25) is 0 Å². The molecule has 54 valence electrons. The van der Waals surface area contributed by atoms with Crippen LogP contribution in [0.2, 0.25) is 0 Å². The van der Waals surface area contributed by atoms with Crippen LogP contribution in [-0.4, -0.2) is 6.26 Å². The second-order valence-corrected chi connectivity index (χ2v) is 3.05. The van der Waals surface area contributed by atoms with Crippen LogP contribution in [0.15, 0.2) is 35.3 Å². The molecule has 1 rings (SSSR count). The summed E-state index contributed by atoms with van der Waals surface area (Å²) in [5.41, 5.74) is 2.58. The lowest BCUT2D eigenvalue weighted by atomic mass is 9.99. The van der Waals surface area contributed by atoms with Crippen molar-refractivity contribution in [3.05, 3.63) is 35.3 Å². The third-order valence-corrected chi connectivity index (χ3v) is 2.09. The average Bonchev–Trinajstić information content (AvgIpc) is 1.94. The zero-order valence-electron chi connectivity index (χ0n) is 6.26. The number of rotatable bonds is 1. The minimum Gasteiger partial charge on any atom is -0.137 e. The molecular formula is C9H12S. The maximum absolute atomic E-state index is 3.95. The van der Waals surface area contributed by atoms with Crippen molar-refractivity contribution in [3.8, 4) is 0 Å². The van der Waals surface area contributed by atoms with Gasteiger partial charge in [0.05, 0.1) is 0 Å². The van der Waals surface area contributed by atoms with Gasteiger partial charge in [-0.2, -0.15) is 0 Å². The molecule has 0 unspecified atom stereocenters. The molecule has 1 aliphatic carbocycles. The molecule has 0 spiro atoms. The van der Waals surface area contributed by atoms with E-state index in [0.717, 1.165) is 6.42 Å². The van der Waals surface area contributed by atoms with Gasteiger partial charge in [0, 0.05) is 0 Å². The van der Waals surface area contributed by atoms with E-state index in [0.29, 0.717) is 0 Å². The molecule has 0 atom stereocenters. The van der Waals surface area contributed by atoms with Gasteiger partial charge in [0.25, 0.3) is 0 Å². The molecule has 0 nitrogen and oxygen atoms in total. The molecule has 1 heteroatoms. The Balaban J connectivity index is 2.70. The molecule has 0 aliphatic heterocycles. The highest BCUT2D eigenvalue weighted by Crippen LogP contribution is 2.23. The van der Waals surface area contributed by atoms with Gasteiger partial charge in [-0.25, -0.2) is 0 Å². The zero-order chi connectivity index (χ0) is 7.40.